The van der Waals surface area contributed by atoms with Gasteiger partial charge >= 0.3 is 0 Å². The zero-order valence-corrected chi connectivity index (χ0v) is 13.7. The highest BCUT2D eigenvalue weighted by molar-refractivity contribution is 5.94. The van der Waals surface area contributed by atoms with Crippen molar-refractivity contribution in [1.82, 2.24) is 15.3 Å². The van der Waals surface area contributed by atoms with Gasteiger partial charge in [-0.1, -0.05) is 0 Å². The zero-order valence-electron chi connectivity index (χ0n) is 13.7. The molecule has 0 radical (unpaired) electrons. The number of hydrogen-bond acceptors (Lipinski definition) is 6. The van der Waals surface area contributed by atoms with Crippen molar-refractivity contribution in [3.8, 4) is 11.5 Å². The van der Waals surface area contributed by atoms with Crippen LogP contribution in [-0.2, 0) is 6.54 Å². The molecule has 0 aliphatic carbocycles. The van der Waals surface area contributed by atoms with Gasteiger partial charge in [0.05, 0.1) is 20.8 Å². The normalized spacial score (nSPS) is 10.1. The van der Waals surface area contributed by atoms with Crippen LogP contribution >= 0.6 is 0 Å². The minimum atomic E-state index is -0.232. The van der Waals surface area contributed by atoms with E-state index in [-0.39, 0.29) is 12.5 Å². The number of rotatable bonds is 6. The van der Waals surface area contributed by atoms with Crippen molar-refractivity contribution in [3.63, 3.8) is 0 Å². The second-order valence-electron chi connectivity index (χ2n) is 4.98. The number of carbonyl (C=O) groups excluding carboxylic acids is 1. The van der Waals surface area contributed by atoms with Gasteiger partial charge in [0.15, 0.2) is 11.5 Å². The minimum absolute atomic E-state index is 0.232. The summed E-state index contributed by atoms with van der Waals surface area (Å²) in [5, 5.41) is 2.79. The molecule has 7 heteroatoms. The van der Waals surface area contributed by atoms with Crippen LogP contribution in [-0.4, -0.2) is 44.2 Å². The van der Waals surface area contributed by atoms with E-state index < -0.39 is 0 Å². The molecule has 1 amide bonds. The Hall–Kier alpha value is -2.83. The highest BCUT2D eigenvalue weighted by Gasteiger charge is 2.11. The van der Waals surface area contributed by atoms with E-state index >= 15 is 0 Å². The van der Waals surface area contributed by atoms with Crippen LogP contribution in [0.5, 0.6) is 11.5 Å². The molecule has 0 bridgehead atoms. The fraction of sp³-hybridized carbons (Fsp3) is 0.312. The highest BCUT2D eigenvalue weighted by Crippen LogP contribution is 2.27. The summed E-state index contributed by atoms with van der Waals surface area (Å²) in [6, 6.07) is 6.80. The zero-order chi connectivity index (χ0) is 16.8. The third kappa shape index (κ3) is 4.09. The van der Waals surface area contributed by atoms with E-state index in [0.29, 0.717) is 22.9 Å². The molecular formula is C16H20N4O3. The maximum atomic E-state index is 12.2. The van der Waals surface area contributed by atoms with Crippen molar-refractivity contribution < 1.29 is 14.3 Å². The lowest BCUT2D eigenvalue weighted by atomic mass is 10.2. The van der Waals surface area contributed by atoms with Crippen LogP contribution in [0.2, 0.25) is 0 Å². The van der Waals surface area contributed by atoms with Crippen LogP contribution in [0.4, 0.5) is 5.82 Å². The summed E-state index contributed by atoms with van der Waals surface area (Å²) < 4.78 is 10.4. The largest absolute Gasteiger partial charge is 0.493 e. The van der Waals surface area contributed by atoms with Gasteiger partial charge in [-0.05, 0) is 24.3 Å². The Kier molecular flexibility index (Phi) is 5.35. The molecule has 0 aliphatic rings. The molecule has 122 valence electrons. The van der Waals surface area contributed by atoms with Gasteiger partial charge in [0.2, 0.25) is 0 Å². The Morgan fingerprint density at radius 1 is 1.17 bits per heavy atom. The van der Waals surface area contributed by atoms with E-state index in [0.717, 1.165) is 5.82 Å². The van der Waals surface area contributed by atoms with Crippen LogP contribution in [0.25, 0.3) is 0 Å². The molecule has 0 atom stereocenters. The summed E-state index contributed by atoms with van der Waals surface area (Å²) in [5.41, 5.74) is 0.478. The molecule has 1 aromatic carbocycles. The Bertz CT molecular complexity index is 689. The van der Waals surface area contributed by atoms with Crippen molar-refractivity contribution in [3.05, 3.63) is 41.9 Å². The molecule has 23 heavy (non-hydrogen) atoms. The maximum Gasteiger partial charge on any atom is 0.251 e. The van der Waals surface area contributed by atoms with Crippen LogP contribution in [0.1, 0.15) is 16.2 Å². The third-order valence-corrected chi connectivity index (χ3v) is 3.20. The lowest BCUT2D eigenvalue weighted by molar-refractivity contribution is 0.0949. The number of aromatic nitrogens is 2. The molecule has 0 saturated carbocycles. The smallest absolute Gasteiger partial charge is 0.251 e. The number of methoxy groups -OCH3 is 2. The SMILES string of the molecule is COc1ccc(C(=O)NCc2nccc(N(C)C)n2)cc1OC. The highest BCUT2D eigenvalue weighted by atomic mass is 16.5. The fourth-order valence-corrected chi connectivity index (χ4v) is 1.96. The molecule has 0 fully saturated rings. The van der Waals surface area contributed by atoms with E-state index in [1.54, 1.807) is 37.6 Å². The number of amides is 1. The van der Waals surface area contributed by atoms with Crippen LogP contribution in [0.15, 0.2) is 30.5 Å². The number of benzene rings is 1. The number of carbonyl (C=O) groups is 1. The summed E-state index contributed by atoms with van der Waals surface area (Å²) in [7, 11) is 6.87. The Morgan fingerprint density at radius 3 is 2.57 bits per heavy atom. The molecule has 1 N–H and O–H groups in total. The van der Waals surface area contributed by atoms with Gasteiger partial charge in [-0.25, -0.2) is 9.97 Å². The summed E-state index contributed by atoms with van der Waals surface area (Å²) in [6.45, 7) is 0.245. The number of nitrogens with one attached hydrogen (secondary N) is 1. The number of anilines is 1. The summed E-state index contributed by atoms with van der Waals surface area (Å²) in [4.78, 5) is 22.6. The van der Waals surface area contributed by atoms with Gasteiger partial charge in [0.1, 0.15) is 11.6 Å². The lowest BCUT2D eigenvalue weighted by Gasteiger charge is -2.12. The molecule has 0 unspecified atom stereocenters. The Balaban J connectivity index is 2.06. The number of ether oxygens (including phenoxy) is 2. The van der Waals surface area contributed by atoms with Gasteiger partial charge < -0.3 is 19.7 Å². The van der Waals surface area contributed by atoms with E-state index in [4.69, 9.17) is 9.47 Å². The summed E-state index contributed by atoms with van der Waals surface area (Å²) in [6.07, 6.45) is 1.67. The predicted molar refractivity (Wildman–Crippen MR) is 87.1 cm³/mol. The van der Waals surface area contributed by atoms with Gasteiger partial charge in [0.25, 0.3) is 5.91 Å². The molecule has 1 aromatic heterocycles. The van der Waals surface area contributed by atoms with E-state index in [2.05, 4.69) is 15.3 Å². The van der Waals surface area contributed by atoms with E-state index in [1.165, 1.54) is 7.11 Å². The fourth-order valence-electron chi connectivity index (χ4n) is 1.96. The first-order valence-corrected chi connectivity index (χ1v) is 7.04. The molecule has 0 saturated heterocycles. The monoisotopic (exact) mass is 316 g/mol. The van der Waals surface area contributed by atoms with Crippen molar-refractivity contribution in [2.45, 2.75) is 6.54 Å². The molecule has 2 aromatic rings. The van der Waals surface area contributed by atoms with Crippen molar-refractivity contribution >= 4 is 11.7 Å². The lowest BCUT2D eigenvalue weighted by Crippen LogP contribution is -2.24. The van der Waals surface area contributed by atoms with Gasteiger partial charge in [-0.2, -0.15) is 0 Å². The summed E-state index contributed by atoms with van der Waals surface area (Å²) in [5.74, 6) is 2.18. The van der Waals surface area contributed by atoms with Crippen LogP contribution in [0, 0.1) is 0 Å². The average molecular weight is 316 g/mol. The van der Waals surface area contributed by atoms with Crippen molar-refractivity contribution in [1.29, 1.82) is 0 Å². The number of hydrogen-bond donors (Lipinski definition) is 1. The van der Waals surface area contributed by atoms with Gasteiger partial charge in [0, 0.05) is 25.9 Å². The topological polar surface area (TPSA) is 76.6 Å². The first-order chi connectivity index (χ1) is 11.0. The van der Waals surface area contributed by atoms with Gasteiger partial charge in [-0.3, -0.25) is 4.79 Å². The molecule has 0 spiro atoms. The second-order valence-corrected chi connectivity index (χ2v) is 4.98. The van der Waals surface area contributed by atoms with Crippen LogP contribution in [0.3, 0.4) is 0 Å². The molecule has 0 aliphatic heterocycles. The number of nitrogens with zero attached hydrogens (tertiary/aromatic N) is 3. The minimum Gasteiger partial charge on any atom is -0.493 e. The second kappa shape index (κ2) is 7.44. The third-order valence-electron chi connectivity index (χ3n) is 3.20. The predicted octanol–water partition coefficient (Wildman–Crippen LogP) is 1.49. The molecule has 2 rings (SSSR count). The molecule has 7 nitrogen and oxygen atoms in total. The maximum absolute atomic E-state index is 12.2. The Morgan fingerprint density at radius 2 is 1.91 bits per heavy atom. The molecule has 1 heterocycles. The van der Waals surface area contributed by atoms with Crippen molar-refractivity contribution in [2.75, 3.05) is 33.2 Å². The van der Waals surface area contributed by atoms with E-state index in [1.807, 2.05) is 19.0 Å². The molecular weight excluding hydrogens is 296 g/mol. The standard InChI is InChI=1S/C16H20N4O3/c1-20(2)15-7-8-17-14(19-15)10-18-16(21)11-5-6-12(22-3)13(9-11)23-4/h5-9H,10H2,1-4H3,(H,18,21). The van der Waals surface area contributed by atoms with Crippen molar-refractivity contribution in [2.24, 2.45) is 0 Å². The Labute approximate surface area is 135 Å². The van der Waals surface area contributed by atoms with Crippen LogP contribution < -0.4 is 19.7 Å². The average Bonchev–Trinajstić information content (AvgIpc) is 2.59. The quantitative estimate of drug-likeness (QED) is 0.870. The first kappa shape index (κ1) is 16.5. The van der Waals surface area contributed by atoms with E-state index in [9.17, 15) is 4.79 Å². The summed E-state index contributed by atoms with van der Waals surface area (Å²) >= 11 is 0. The van der Waals surface area contributed by atoms with Gasteiger partial charge in [-0.15, -0.1) is 0 Å². The first-order valence-electron chi connectivity index (χ1n) is 7.04.